The number of hydrogen-bond donors (Lipinski definition) is 1. The van der Waals surface area contributed by atoms with E-state index in [2.05, 4.69) is 16.3 Å². The van der Waals surface area contributed by atoms with Gasteiger partial charge in [-0.3, -0.25) is 15.0 Å². The van der Waals surface area contributed by atoms with Crippen molar-refractivity contribution in [2.24, 2.45) is 5.41 Å². The number of likely N-dealkylation sites (tertiary alicyclic amines) is 1. The Morgan fingerprint density at radius 3 is 2.57 bits per heavy atom. The third kappa shape index (κ3) is 5.03. The number of benzene rings is 2. The molecule has 2 saturated heterocycles. The molecule has 2 aliphatic heterocycles. The molecule has 2 fully saturated rings. The maximum atomic E-state index is 10.8. The van der Waals surface area contributed by atoms with Crippen LogP contribution < -0.4 is 14.8 Å². The fourth-order valence-corrected chi connectivity index (χ4v) is 4.37. The number of nitro groups is 1. The average molecular weight is 434 g/mol. The SMILES string of the molecule is COc1ccc(CN2CCC3(CCNC3)C2)cc1OCc1ccc([N+](=O)[O-])cc1.Cl. The van der Waals surface area contributed by atoms with Crippen LogP contribution in [0, 0.1) is 15.5 Å². The highest BCUT2D eigenvalue weighted by molar-refractivity contribution is 5.85. The van der Waals surface area contributed by atoms with Crippen molar-refractivity contribution in [3.05, 3.63) is 63.7 Å². The second-order valence-corrected chi connectivity index (χ2v) is 8.08. The Labute approximate surface area is 182 Å². The molecule has 162 valence electrons. The fraction of sp³-hybridized carbons (Fsp3) is 0.455. The predicted octanol–water partition coefficient (Wildman–Crippen LogP) is 3.79. The van der Waals surface area contributed by atoms with E-state index in [9.17, 15) is 10.1 Å². The van der Waals surface area contributed by atoms with Crippen molar-refractivity contribution in [2.45, 2.75) is 26.0 Å². The molecular weight excluding hydrogens is 406 g/mol. The fourth-order valence-electron chi connectivity index (χ4n) is 4.37. The van der Waals surface area contributed by atoms with Crippen molar-refractivity contribution in [3.63, 3.8) is 0 Å². The minimum atomic E-state index is -0.402. The van der Waals surface area contributed by atoms with Gasteiger partial charge in [-0.1, -0.05) is 6.07 Å². The zero-order chi connectivity index (χ0) is 20.3. The highest BCUT2D eigenvalue weighted by atomic mass is 35.5. The summed E-state index contributed by atoms with van der Waals surface area (Å²) >= 11 is 0. The molecule has 1 atom stereocenters. The smallest absolute Gasteiger partial charge is 0.269 e. The van der Waals surface area contributed by atoms with Gasteiger partial charge in [0.25, 0.3) is 5.69 Å². The summed E-state index contributed by atoms with van der Waals surface area (Å²) < 4.78 is 11.4. The van der Waals surface area contributed by atoms with Gasteiger partial charge in [-0.05, 0) is 66.7 Å². The van der Waals surface area contributed by atoms with Crippen LogP contribution in [-0.2, 0) is 13.2 Å². The summed E-state index contributed by atoms with van der Waals surface area (Å²) in [5, 5.41) is 14.3. The van der Waals surface area contributed by atoms with Gasteiger partial charge in [0.2, 0.25) is 0 Å². The van der Waals surface area contributed by atoms with Crippen molar-refractivity contribution in [2.75, 3.05) is 33.3 Å². The van der Waals surface area contributed by atoms with Crippen molar-refractivity contribution >= 4 is 18.1 Å². The maximum Gasteiger partial charge on any atom is 0.269 e. The molecule has 2 aromatic rings. The maximum absolute atomic E-state index is 10.8. The molecule has 0 amide bonds. The van der Waals surface area contributed by atoms with Crippen LogP contribution in [0.5, 0.6) is 11.5 Å². The minimum absolute atomic E-state index is 0. The van der Waals surface area contributed by atoms with Gasteiger partial charge in [-0.15, -0.1) is 12.4 Å². The van der Waals surface area contributed by atoms with Gasteiger partial charge in [0, 0.05) is 31.8 Å². The predicted molar refractivity (Wildman–Crippen MR) is 117 cm³/mol. The third-order valence-corrected chi connectivity index (χ3v) is 6.03. The van der Waals surface area contributed by atoms with E-state index in [1.54, 1.807) is 19.2 Å². The van der Waals surface area contributed by atoms with Crippen LogP contribution in [0.15, 0.2) is 42.5 Å². The number of hydrogen-bond acceptors (Lipinski definition) is 6. The van der Waals surface area contributed by atoms with Crippen molar-refractivity contribution in [1.82, 2.24) is 10.2 Å². The lowest BCUT2D eigenvalue weighted by Crippen LogP contribution is -2.28. The zero-order valence-corrected chi connectivity index (χ0v) is 18.0. The second kappa shape index (κ2) is 9.64. The summed E-state index contributed by atoms with van der Waals surface area (Å²) in [4.78, 5) is 12.9. The topological polar surface area (TPSA) is 76.9 Å². The van der Waals surface area contributed by atoms with Gasteiger partial charge >= 0.3 is 0 Å². The molecule has 1 spiro atoms. The molecule has 1 N–H and O–H groups in total. The number of non-ortho nitro benzene ring substituents is 1. The summed E-state index contributed by atoms with van der Waals surface area (Å²) in [6.07, 6.45) is 2.54. The summed E-state index contributed by atoms with van der Waals surface area (Å²) in [5.41, 5.74) is 2.61. The van der Waals surface area contributed by atoms with Crippen LogP contribution in [-0.4, -0.2) is 43.1 Å². The standard InChI is InChI=1S/C22H27N3O4.ClH/c1-28-20-7-4-18(13-24-11-9-22(16-24)8-10-23-15-22)12-21(20)29-14-17-2-5-19(6-3-17)25(26)27;/h2-7,12,23H,8-11,13-16H2,1H3;1H. The molecule has 8 heteroatoms. The van der Waals surface area contributed by atoms with E-state index >= 15 is 0 Å². The lowest BCUT2D eigenvalue weighted by atomic mass is 9.86. The highest BCUT2D eigenvalue weighted by Gasteiger charge is 2.40. The molecule has 2 heterocycles. The molecule has 2 aliphatic rings. The van der Waals surface area contributed by atoms with Crippen molar-refractivity contribution in [1.29, 1.82) is 0 Å². The van der Waals surface area contributed by atoms with Crippen LogP contribution >= 0.6 is 12.4 Å². The molecular formula is C22H28ClN3O4. The molecule has 0 aliphatic carbocycles. The van der Waals surface area contributed by atoms with E-state index in [0.29, 0.717) is 23.5 Å². The second-order valence-electron chi connectivity index (χ2n) is 8.08. The lowest BCUT2D eigenvalue weighted by Gasteiger charge is -2.23. The number of methoxy groups -OCH3 is 1. The Balaban J connectivity index is 0.00000256. The van der Waals surface area contributed by atoms with E-state index in [4.69, 9.17) is 9.47 Å². The summed E-state index contributed by atoms with van der Waals surface area (Å²) in [6.45, 7) is 5.78. The first-order valence-electron chi connectivity index (χ1n) is 10.0. The van der Waals surface area contributed by atoms with Crippen LogP contribution in [0.2, 0.25) is 0 Å². The van der Waals surface area contributed by atoms with E-state index in [0.717, 1.165) is 38.3 Å². The molecule has 0 bridgehead atoms. The number of rotatable bonds is 7. The van der Waals surface area contributed by atoms with Gasteiger partial charge in [-0.25, -0.2) is 0 Å². The van der Waals surface area contributed by atoms with Gasteiger partial charge < -0.3 is 14.8 Å². The van der Waals surface area contributed by atoms with E-state index in [1.165, 1.54) is 30.5 Å². The Bertz CT molecular complexity index is 869. The Morgan fingerprint density at radius 2 is 1.90 bits per heavy atom. The van der Waals surface area contributed by atoms with Gasteiger partial charge in [0.05, 0.1) is 12.0 Å². The number of ether oxygens (including phenoxy) is 2. The van der Waals surface area contributed by atoms with E-state index < -0.39 is 4.92 Å². The summed E-state index contributed by atoms with van der Waals surface area (Å²) in [6, 6.07) is 12.5. The summed E-state index contributed by atoms with van der Waals surface area (Å²) in [7, 11) is 1.63. The Hall–Kier alpha value is -2.35. The van der Waals surface area contributed by atoms with Crippen molar-refractivity contribution < 1.29 is 14.4 Å². The third-order valence-electron chi connectivity index (χ3n) is 6.03. The molecule has 2 aromatic carbocycles. The highest BCUT2D eigenvalue weighted by Crippen LogP contribution is 2.37. The molecule has 30 heavy (non-hydrogen) atoms. The lowest BCUT2D eigenvalue weighted by molar-refractivity contribution is -0.384. The van der Waals surface area contributed by atoms with Crippen molar-refractivity contribution in [3.8, 4) is 11.5 Å². The van der Waals surface area contributed by atoms with Crippen LogP contribution in [0.25, 0.3) is 0 Å². The number of nitrogens with zero attached hydrogens (tertiary/aromatic N) is 2. The first-order chi connectivity index (χ1) is 14.1. The summed E-state index contributed by atoms with van der Waals surface area (Å²) in [5.74, 6) is 1.38. The number of nitro benzene ring substituents is 1. The normalized spacial score (nSPS) is 20.8. The van der Waals surface area contributed by atoms with E-state index in [-0.39, 0.29) is 18.1 Å². The Kier molecular flexibility index (Phi) is 7.18. The van der Waals surface area contributed by atoms with Gasteiger partial charge in [0.15, 0.2) is 11.5 Å². The first kappa shape index (κ1) is 22.3. The first-order valence-corrected chi connectivity index (χ1v) is 10.0. The number of halogens is 1. The molecule has 0 saturated carbocycles. The molecule has 1 unspecified atom stereocenters. The van der Waals surface area contributed by atoms with Gasteiger partial charge in [-0.2, -0.15) is 0 Å². The average Bonchev–Trinajstić information content (AvgIpc) is 3.36. The van der Waals surface area contributed by atoms with Gasteiger partial charge in [0.1, 0.15) is 6.61 Å². The zero-order valence-electron chi connectivity index (χ0n) is 17.1. The van der Waals surface area contributed by atoms with E-state index in [1.807, 2.05) is 12.1 Å². The van der Waals surface area contributed by atoms with Crippen LogP contribution in [0.1, 0.15) is 24.0 Å². The largest absolute Gasteiger partial charge is 0.493 e. The molecule has 4 rings (SSSR count). The Morgan fingerprint density at radius 1 is 1.13 bits per heavy atom. The quantitative estimate of drug-likeness (QED) is 0.528. The molecule has 0 radical (unpaired) electrons. The minimum Gasteiger partial charge on any atom is -0.493 e. The monoisotopic (exact) mass is 433 g/mol. The number of nitrogens with one attached hydrogen (secondary N) is 1. The van der Waals surface area contributed by atoms with Crippen LogP contribution in [0.3, 0.4) is 0 Å². The van der Waals surface area contributed by atoms with Crippen LogP contribution in [0.4, 0.5) is 5.69 Å². The molecule has 7 nitrogen and oxygen atoms in total. The molecule has 0 aromatic heterocycles.